The van der Waals surface area contributed by atoms with Gasteiger partial charge in [0, 0.05) is 19.6 Å². The van der Waals surface area contributed by atoms with Crippen LogP contribution in [0.1, 0.15) is 164 Å². The number of aliphatic hydroxyl groups is 4. The van der Waals surface area contributed by atoms with Crippen molar-refractivity contribution in [2.24, 2.45) is 0 Å². The first-order chi connectivity index (χ1) is 54.9. The Kier molecular flexibility index (Phi) is 41.6. The molecule has 47 heteroatoms. The zero-order chi connectivity index (χ0) is 86.3. The van der Waals surface area contributed by atoms with Crippen molar-refractivity contribution in [1.82, 2.24) is 63.8 Å². The highest BCUT2D eigenvalue weighted by atomic mass is 35.5. The number of hydrogen-bond donors (Lipinski definition) is 18. The van der Waals surface area contributed by atoms with Crippen LogP contribution >= 0.6 is 11.6 Å². The quantitative estimate of drug-likeness (QED) is 0.00919. The Morgan fingerprint density at radius 1 is 0.517 bits per heavy atom. The monoisotopic (exact) mass is 1670 g/mol. The first kappa shape index (κ1) is 96.7. The molecule has 1 aliphatic rings. The first-order valence-corrected chi connectivity index (χ1v) is 37.3. The Morgan fingerprint density at radius 2 is 0.957 bits per heavy atom. The maximum absolute atomic E-state index is 14.9. The fraction of sp³-hybridized carbons (Fsp3) is 0.623. The molecule has 3 aromatic rings. The van der Waals surface area contributed by atoms with E-state index in [0.29, 0.717) is 12.8 Å². The minimum atomic E-state index is -2.97. The fourth-order valence-electron chi connectivity index (χ4n) is 10.8. The molecule has 1 fully saturated rings. The number of carboxylic acids is 2. The molecule has 0 aromatic carbocycles. The van der Waals surface area contributed by atoms with Crippen molar-refractivity contribution >= 4 is 101 Å². The van der Waals surface area contributed by atoms with Gasteiger partial charge in [0.2, 0.25) is 47.3 Å². The van der Waals surface area contributed by atoms with Gasteiger partial charge < -0.3 is 140 Å². The number of cyclic esters (lactones) is 1. The van der Waals surface area contributed by atoms with Crippen LogP contribution in [0.3, 0.4) is 0 Å². The molecule has 4 rings (SSSR count). The zero-order valence-electron chi connectivity index (χ0n) is 64.2. The minimum Gasteiger partial charge on any atom is -0.481 e. The molecule has 0 saturated carbocycles. The van der Waals surface area contributed by atoms with Crippen molar-refractivity contribution < 1.29 is 148 Å². The number of unbranched alkanes of at least 4 members (excludes halogenated alkanes) is 9. The Bertz CT molecular complexity index is 4070. The summed E-state index contributed by atoms with van der Waals surface area (Å²) in [7, 11) is 0. The minimum absolute atomic E-state index is 0.00229. The average molecular weight is 1680 g/mol. The van der Waals surface area contributed by atoms with Gasteiger partial charge in [0.25, 0.3) is 5.91 Å². The molecular weight excluding hydrogens is 1580 g/mol. The number of amides is 12. The van der Waals surface area contributed by atoms with E-state index in [1.807, 2.05) is 16.0 Å². The van der Waals surface area contributed by atoms with Crippen LogP contribution in [0.5, 0.6) is 0 Å². The number of carbonyl (C=O) groups excluding carboxylic acids is 13. The van der Waals surface area contributed by atoms with Crippen molar-refractivity contribution in [3.63, 3.8) is 0 Å². The van der Waals surface area contributed by atoms with Crippen molar-refractivity contribution in [1.29, 1.82) is 0 Å². The van der Waals surface area contributed by atoms with E-state index < -0.39 is 263 Å². The Hall–Kier alpha value is -11.6. The highest BCUT2D eigenvalue weighted by Gasteiger charge is 2.41. The number of halogens is 1. The van der Waals surface area contributed by atoms with Gasteiger partial charge in [-0.1, -0.05) is 70.8 Å². The number of carboxylic acid groups (broad SMARTS) is 2. The summed E-state index contributed by atoms with van der Waals surface area (Å²) in [5.74, 6) is -24.3. The Morgan fingerprint density at radius 3 is 1.41 bits per heavy atom. The van der Waals surface area contributed by atoms with Crippen molar-refractivity contribution in [3.05, 3.63) is 78.2 Å². The number of nitrogens with one attached hydrogen (secondary N) is 12. The van der Waals surface area contributed by atoms with E-state index in [9.17, 15) is 117 Å². The average Bonchev–Trinajstić information content (AvgIpc) is 1.05. The number of allylic oxidation sites excluding steroid dienone is 1. The lowest BCUT2D eigenvalue weighted by Gasteiger charge is -2.29. The SMILES string of the molecule is C/C=C1/NC(=O)[C@H]([C@H](C)O)NC(=O)[C@H](CCNC(=O)OCc2oc(=O)oc2C)NC(=O)[C@H](CCCCNC(=O)OCc2oc(=O)oc2C)NC(=O)[C@H](CC(=O)O)NC(=O)[C@@H](CCNC(=O)OCc2oc(=O)oc2C)NC(=O)[C@@H](NC(=O)C[C@H](O)CCCCCCCCCCC)COC(=O)[C@@H]([C@H](O)CCl)NC(=O)[C@H]([C@H](O)C(=O)O)NC1=O. The van der Waals surface area contributed by atoms with E-state index in [0.717, 1.165) is 64.9 Å². The standard InChI is InChI=1S/C69H99ClN12O34/c1-7-9-10-11-12-13-14-15-16-19-37(84)26-48(86)74-43-29-107-63(100)51(44(85)28-70)81-61(97)52(53(89)62(98)99)82-54(90)38(8-2)75-60(96)50(33(3)83)80-57(93)41(22-25-73-66(103)110-32-47-36(6)113-69(106)116-47)77-55(91)39(20-17-18-23-71-64(101)108-30-45-34(4)111-67(104)114-45)76-58(94)42(27-49(87)88)79-56(92)40(78-59(43)95)21-24-72-65(102)109-31-46-35(5)112-68(105)115-46/h8,33,37,39-44,50-53,83-85,89H,7,9-32H2,1-6H3,(H,71,101)(H,72,102)(H,73,103)(H,74,86)(H,75,96)(H,76,94)(H,77,91)(H,78,95)(H,79,92)(H,80,93)(H,81,97)(H,82,90)(H,87,88)(H,98,99)/b38-8+/t33-,37+,39-,40+,41-,42-,43-,44+,50-,51+,52-,53-/m0/s1. The molecule has 1 aliphatic heterocycles. The summed E-state index contributed by atoms with van der Waals surface area (Å²) in [6, 6.07) is -18.1. The van der Waals surface area contributed by atoms with E-state index >= 15 is 0 Å². The molecule has 46 nitrogen and oxygen atoms in total. The lowest BCUT2D eigenvalue weighted by Crippen LogP contribution is -2.62. The maximum atomic E-state index is 14.9. The van der Waals surface area contributed by atoms with Crippen LogP contribution in [0.2, 0.25) is 0 Å². The van der Waals surface area contributed by atoms with Gasteiger partial charge in [-0.25, -0.2) is 38.4 Å². The zero-order valence-corrected chi connectivity index (χ0v) is 64.9. The number of alkyl carbamates (subject to hydrolysis) is 3. The van der Waals surface area contributed by atoms with E-state index in [2.05, 4.69) is 54.8 Å². The van der Waals surface area contributed by atoms with E-state index in [1.165, 1.54) is 20.8 Å². The third kappa shape index (κ3) is 34.2. The molecule has 4 heterocycles. The first-order valence-electron chi connectivity index (χ1n) is 36.7. The molecule has 0 bridgehead atoms. The maximum Gasteiger partial charge on any atom is 0.519 e. The van der Waals surface area contributed by atoms with Crippen LogP contribution in [-0.4, -0.2) is 225 Å². The van der Waals surface area contributed by atoms with Crippen LogP contribution in [0, 0.1) is 20.8 Å². The van der Waals surface area contributed by atoms with Gasteiger partial charge in [-0.2, -0.15) is 0 Å². The van der Waals surface area contributed by atoms with Gasteiger partial charge in [-0.15, -0.1) is 11.6 Å². The predicted octanol–water partition coefficient (Wildman–Crippen LogP) is -2.69. The second kappa shape index (κ2) is 49.9. The van der Waals surface area contributed by atoms with Gasteiger partial charge in [-0.05, 0) is 73.1 Å². The van der Waals surface area contributed by atoms with Crippen molar-refractivity contribution in [3.8, 4) is 0 Å². The van der Waals surface area contributed by atoms with Gasteiger partial charge in [0.1, 0.15) is 54.6 Å². The van der Waals surface area contributed by atoms with E-state index in [1.54, 1.807) is 0 Å². The molecule has 116 heavy (non-hydrogen) atoms. The van der Waals surface area contributed by atoms with Gasteiger partial charge in [0.15, 0.2) is 66.5 Å². The van der Waals surface area contributed by atoms with Crippen LogP contribution in [0.25, 0.3) is 0 Å². The number of esters is 1. The summed E-state index contributed by atoms with van der Waals surface area (Å²) in [6.45, 7) is 3.06. The number of aryl methyl sites for hydroxylation is 3. The predicted molar refractivity (Wildman–Crippen MR) is 389 cm³/mol. The van der Waals surface area contributed by atoms with Crippen molar-refractivity contribution in [2.75, 3.05) is 32.1 Å². The fourth-order valence-corrected chi connectivity index (χ4v) is 10.9. The summed E-state index contributed by atoms with van der Waals surface area (Å²) >= 11 is 5.94. The van der Waals surface area contributed by atoms with Gasteiger partial charge in [-0.3, -0.25) is 47.9 Å². The molecular formula is C69H99ClN12O34. The smallest absolute Gasteiger partial charge is 0.481 e. The topological polar surface area (TPSA) is 689 Å². The molecule has 18 N–H and O–H groups in total. The number of aliphatic hydroxyl groups excluding tert-OH is 4. The number of ether oxygens (including phenoxy) is 4. The number of carbonyl (C=O) groups is 15. The molecule has 12 atom stereocenters. The Balaban J connectivity index is 1.89. The van der Waals surface area contributed by atoms with Crippen LogP contribution in [0.15, 0.2) is 52.7 Å². The number of aliphatic carboxylic acids is 2. The van der Waals surface area contributed by atoms with Gasteiger partial charge in [0.05, 0.1) is 37.0 Å². The van der Waals surface area contributed by atoms with E-state index in [-0.39, 0.29) is 60.4 Å². The molecule has 0 radical (unpaired) electrons. The molecule has 646 valence electrons. The normalized spacial score (nSPS) is 20.6. The lowest BCUT2D eigenvalue weighted by molar-refractivity contribution is -0.155. The van der Waals surface area contributed by atoms with Crippen LogP contribution < -0.4 is 81.3 Å². The lowest BCUT2D eigenvalue weighted by atomic mass is 10.0. The largest absolute Gasteiger partial charge is 0.519 e. The van der Waals surface area contributed by atoms with Gasteiger partial charge >= 0.3 is 53.7 Å². The van der Waals surface area contributed by atoms with Crippen molar-refractivity contribution in [2.45, 2.75) is 243 Å². The molecule has 12 amide bonds. The summed E-state index contributed by atoms with van der Waals surface area (Å²) in [4.78, 5) is 243. The summed E-state index contributed by atoms with van der Waals surface area (Å²) in [5.41, 5.74) is -0.924. The van der Waals surface area contributed by atoms with Crippen LogP contribution in [0.4, 0.5) is 14.4 Å². The highest BCUT2D eigenvalue weighted by molar-refractivity contribution is 6.18. The summed E-state index contributed by atoms with van der Waals surface area (Å²) in [5, 5.41) is 90.2. The third-order valence-corrected chi connectivity index (χ3v) is 17.5. The summed E-state index contributed by atoms with van der Waals surface area (Å²) in [6.07, 6.45) is -7.76. The second-order valence-corrected chi connectivity index (χ2v) is 26.6. The molecule has 0 spiro atoms. The molecule has 3 aromatic heterocycles. The highest BCUT2D eigenvalue weighted by Crippen LogP contribution is 2.16. The Labute approximate surface area is 664 Å². The molecule has 0 unspecified atom stereocenters. The van der Waals surface area contributed by atoms with Crippen LogP contribution in [-0.2, 0) is 96.3 Å². The number of hydrogen-bond acceptors (Lipinski definition) is 32. The number of alkyl halides is 1. The third-order valence-electron chi connectivity index (χ3n) is 17.2. The van der Waals surface area contributed by atoms with E-state index in [4.69, 9.17) is 57.1 Å². The molecule has 1 saturated heterocycles. The second-order valence-electron chi connectivity index (χ2n) is 26.3. The summed E-state index contributed by atoms with van der Waals surface area (Å²) < 4.78 is 49.3. The molecule has 0 aliphatic carbocycles. The number of rotatable bonds is 37.